The second kappa shape index (κ2) is 8.39. The lowest BCUT2D eigenvalue weighted by Gasteiger charge is -2.08. The first-order valence-electron chi connectivity index (χ1n) is 8.09. The normalized spacial score (nSPS) is 11.3. The number of hydrogen-bond donors (Lipinski definition) is 1. The van der Waals surface area contributed by atoms with Gasteiger partial charge in [0.15, 0.2) is 5.01 Å². The smallest absolute Gasteiger partial charge is 0.443 e. The highest BCUT2D eigenvalue weighted by atomic mass is 32.1. The van der Waals surface area contributed by atoms with Crippen molar-refractivity contribution < 1.29 is 27.1 Å². The molecule has 0 fully saturated rings. The molecule has 1 amide bonds. The van der Waals surface area contributed by atoms with E-state index in [9.17, 15) is 22.4 Å². The van der Waals surface area contributed by atoms with Crippen molar-refractivity contribution in [3.05, 3.63) is 81.6 Å². The van der Waals surface area contributed by atoms with Crippen LogP contribution in [0.15, 0.2) is 53.9 Å². The van der Waals surface area contributed by atoms with Crippen molar-refractivity contribution in [2.45, 2.75) is 19.3 Å². The van der Waals surface area contributed by atoms with Gasteiger partial charge in [0.1, 0.15) is 23.9 Å². The first-order valence-corrected chi connectivity index (χ1v) is 8.97. The molecule has 0 aliphatic heterocycles. The van der Waals surface area contributed by atoms with Crippen molar-refractivity contribution in [3.63, 3.8) is 0 Å². The van der Waals surface area contributed by atoms with Crippen LogP contribution in [-0.4, -0.2) is 10.9 Å². The monoisotopic (exact) mass is 410 g/mol. The average Bonchev–Trinajstić information content (AvgIpc) is 3.17. The van der Waals surface area contributed by atoms with Gasteiger partial charge in [-0.3, -0.25) is 4.79 Å². The SMILES string of the molecule is O=C(NCc1ccc(OCc2ccccc2F)cc1)c1csc(C(F)(F)F)n1. The molecule has 146 valence electrons. The zero-order valence-electron chi connectivity index (χ0n) is 14.3. The van der Waals surface area contributed by atoms with E-state index in [0.717, 1.165) is 10.9 Å². The Labute approximate surface area is 161 Å². The van der Waals surface area contributed by atoms with Crippen LogP contribution < -0.4 is 10.1 Å². The molecule has 0 aliphatic rings. The van der Waals surface area contributed by atoms with Gasteiger partial charge in [-0.2, -0.15) is 13.2 Å². The summed E-state index contributed by atoms with van der Waals surface area (Å²) in [4.78, 5) is 15.2. The number of aromatic nitrogens is 1. The molecule has 1 heterocycles. The first kappa shape index (κ1) is 19.8. The number of carbonyl (C=O) groups excluding carboxylic acids is 1. The standard InChI is InChI=1S/C19H14F4N2O2S/c20-15-4-2-1-3-13(15)10-27-14-7-5-12(6-8-14)9-24-17(26)16-11-28-18(25-16)19(21,22)23/h1-8,11H,9-10H2,(H,24,26). The fraction of sp³-hybridized carbons (Fsp3) is 0.158. The first-order chi connectivity index (χ1) is 13.3. The maximum atomic E-state index is 13.6. The molecule has 0 saturated heterocycles. The second-order valence-corrected chi connectivity index (χ2v) is 6.60. The lowest BCUT2D eigenvalue weighted by Crippen LogP contribution is -2.23. The van der Waals surface area contributed by atoms with Crippen molar-refractivity contribution in [2.75, 3.05) is 0 Å². The number of halogens is 4. The Morgan fingerprint density at radius 3 is 2.46 bits per heavy atom. The van der Waals surface area contributed by atoms with Crippen LogP contribution in [0.5, 0.6) is 5.75 Å². The van der Waals surface area contributed by atoms with E-state index in [4.69, 9.17) is 4.74 Å². The van der Waals surface area contributed by atoms with Gasteiger partial charge in [-0.1, -0.05) is 30.3 Å². The fourth-order valence-corrected chi connectivity index (χ4v) is 2.93. The molecule has 0 aliphatic carbocycles. The molecule has 0 atom stereocenters. The molecule has 0 unspecified atom stereocenters. The Kier molecular flexibility index (Phi) is 5.93. The number of amides is 1. The van der Waals surface area contributed by atoms with Crippen LogP contribution in [-0.2, 0) is 19.3 Å². The summed E-state index contributed by atoms with van der Waals surface area (Å²) in [5, 5.41) is 2.52. The van der Waals surface area contributed by atoms with Gasteiger partial charge in [0, 0.05) is 17.5 Å². The molecular weight excluding hydrogens is 396 g/mol. The number of benzene rings is 2. The van der Waals surface area contributed by atoms with Crippen molar-refractivity contribution in [1.29, 1.82) is 0 Å². The molecule has 1 aromatic heterocycles. The summed E-state index contributed by atoms with van der Waals surface area (Å²) in [7, 11) is 0. The number of rotatable bonds is 6. The maximum Gasteiger partial charge on any atom is 0.443 e. The minimum atomic E-state index is -4.57. The van der Waals surface area contributed by atoms with E-state index in [0.29, 0.717) is 22.6 Å². The quantitative estimate of drug-likeness (QED) is 0.594. The Morgan fingerprint density at radius 1 is 1.11 bits per heavy atom. The van der Waals surface area contributed by atoms with Crippen molar-refractivity contribution in [2.24, 2.45) is 0 Å². The summed E-state index contributed by atoms with van der Waals surface area (Å²) in [5.74, 6) is -0.517. The van der Waals surface area contributed by atoms with Gasteiger partial charge in [0.05, 0.1) is 0 Å². The summed E-state index contributed by atoms with van der Waals surface area (Å²) in [5.41, 5.74) is 0.875. The van der Waals surface area contributed by atoms with Crippen molar-refractivity contribution in [3.8, 4) is 5.75 Å². The number of nitrogens with one attached hydrogen (secondary N) is 1. The second-order valence-electron chi connectivity index (χ2n) is 5.74. The summed E-state index contributed by atoms with van der Waals surface area (Å²) >= 11 is 0.373. The lowest BCUT2D eigenvalue weighted by molar-refractivity contribution is -0.137. The third-order valence-corrected chi connectivity index (χ3v) is 4.60. The Hall–Kier alpha value is -2.94. The molecule has 2 aromatic carbocycles. The van der Waals surface area contributed by atoms with Gasteiger partial charge >= 0.3 is 6.18 Å². The number of carbonyl (C=O) groups is 1. The number of alkyl halides is 3. The molecule has 0 spiro atoms. The van der Waals surface area contributed by atoms with E-state index >= 15 is 0 Å². The van der Waals surface area contributed by atoms with Crippen LogP contribution in [0.25, 0.3) is 0 Å². The Morgan fingerprint density at radius 2 is 1.82 bits per heavy atom. The fourth-order valence-electron chi connectivity index (χ4n) is 2.26. The van der Waals surface area contributed by atoms with Crippen molar-refractivity contribution >= 4 is 17.2 Å². The van der Waals surface area contributed by atoms with E-state index in [2.05, 4.69) is 10.3 Å². The number of thiazole rings is 1. The predicted molar refractivity (Wildman–Crippen MR) is 95.5 cm³/mol. The maximum absolute atomic E-state index is 13.6. The van der Waals surface area contributed by atoms with E-state index in [1.165, 1.54) is 6.07 Å². The van der Waals surface area contributed by atoms with Gasteiger partial charge in [-0.15, -0.1) is 11.3 Å². The van der Waals surface area contributed by atoms with E-state index in [1.807, 2.05) is 0 Å². The zero-order chi connectivity index (χ0) is 20.1. The molecule has 4 nitrogen and oxygen atoms in total. The molecule has 28 heavy (non-hydrogen) atoms. The van der Waals surface area contributed by atoms with Gasteiger partial charge in [0.2, 0.25) is 0 Å². The third-order valence-electron chi connectivity index (χ3n) is 3.71. The molecule has 1 N–H and O–H groups in total. The zero-order valence-corrected chi connectivity index (χ0v) is 15.1. The topological polar surface area (TPSA) is 51.2 Å². The minimum Gasteiger partial charge on any atom is -0.489 e. The summed E-state index contributed by atoms with van der Waals surface area (Å²) < 4.78 is 56.7. The van der Waals surface area contributed by atoms with Crippen LogP contribution in [0.3, 0.4) is 0 Å². The summed E-state index contributed by atoms with van der Waals surface area (Å²) in [6, 6.07) is 13.0. The van der Waals surface area contributed by atoms with E-state index in [1.54, 1.807) is 42.5 Å². The predicted octanol–water partition coefficient (Wildman–Crippen LogP) is 4.81. The molecule has 0 saturated carbocycles. The Bertz CT molecular complexity index is 955. The Balaban J connectivity index is 1.52. The number of hydrogen-bond acceptors (Lipinski definition) is 4. The molecule has 0 bridgehead atoms. The molecule has 3 rings (SSSR count). The highest BCUT2D eigenvalue weighted by molar-refractivity contribution is 7.09. The minimum absolute atomic E-state index is 0.0775. The van der Waals surface area contributed by atoms with Crippen LogP contribution in [0, 0.1) is 5.82 Å². The largest absolute Gasteiger partial charge is 0.489 e. The van der Waals surface area contributed by atoms with Crippen molar-refractivity contribution in [1.82, 2.24) is 10.3 Å². The molecule has 9 heteroatoms. The highest BCUT2D eigenvalue weighted by Gasteiger charge is 2.35. The lowest BCUT2D eigenvalue weighted by atomic mass is 10.2. The van der Waals surface area contributed by atoms with E-state index in [-0.39, 0.29) is 24.7 Å². The van der Waals surface area contributed by atoms with E-state index < -0.39 is 17.1 Å². The van der Waals surface area contributed by atoms with Crippen LogP contribution >= 0.6 is 11.3 Å². The summed E-state index contributed by atoms with van der Waals surface area (Å²) in [6.07, 6.45) is -4.57. The average molecular weight is 410 g/mol. The van der Waals surface area contributed by atoms with Crippen LogP contribution in [0.1, 0.15) is 26.6 Å². The highest BCUT2D eigenvalue weighted by Crippen LogP contribution is 2.31. The molecule has 0 radical (unpaired) electrons. The van der Waals surface area contributed by atoms with Crippen LogP contribution in [0.4, 0.5) is 17.6 Å². The van der Waals surface area contributed by atoms with Gasteiger partial charge in [0.25, 0.3) is 5.91 Å². The molecule has 3 aromatic rings. The summed E-state index contributed by atoms with van der Waals surface area (Å²) in [6.45, 7) is 0.194. The van der Waals surface area contributed by atoms with Crippen LogP contribution in [0.2, 0.25) is 0 Å². The van der Waals surface area contributed by atoms with Gasteiger partial charge < -0.3 is 10.1 Å². The number of ether oxygens (including phenoxy) is 1. The molecular formula is C19H14F4N2O2S. The van der Waals surface area contributed by atoms with Gasteiger partial charge in [-0.05, 0) is 23.8 Å². The van der Waals surface area contributed by atoms with Gasteiger partial charge in [-0.25, -0.2) is 9.37 Å². The number of nitrogens with zero attached hydrogens (tertiary/aromatic N) is 1. The third kappa shape index (κ3) is 5.07.